The number of carbonyl (C=O) groups is 1. The SMILES string of the molecule is Cc1ccccc1OCCN(C)CC(=O)NC1CCS(=O)(=O)C1. The number of ether oxygens (including phenoxy) is 1. The molecule has 23 heavy (non-hydrogen) atoms. The van der Waals surface area contributed by atoms with Gasteiger partial charge in [-0.05, 0) is 32.0 Å². The van der Waals surface area contributed by atoms with Crippen molar-refractivity contribution in [3.63, 3.8) is 0 Å². The molecule has 1 fully saturated rings. The standard InChI is InChI=1S/C16H24N2O4S/c1-13-5-3-4-6-15(13)22-9-8-18(2)11-16(19)17-14-7-10-23(20,21)12-14/h3-6,14H,7-12H2,1-2H3,(H,17,19). The zero-order valence-electron chi connectivity index (χ0n) is 13.6. The van der Waals surface area contributed by atoms with E-state index in [1.165, 1.54) is 0 Å². The van der Waals surface area contributed by atoms with Crippen LogP contribution < -0.4 is 10.1 Å². The van der Waals surface area contributed by atoms with Crippen molar-refractivity contribution in [2.75, 3.05) is 38.2 Å². The normalized spacial score (nSPS) is 19.7. The molecule has 1 heterocycles. The van der Waals surface area contributed by atoms with Crippen LogP contribution in [0.5, 0.6) is 5.75 Å². The van der Waals surface area contributed by atoms with E-state index in [9.17, 15) is 13.2 Å². The Bertz CT molecular complexity index is 645. The molecule has 2 rings (SSSR count). The number of carbonyl (C=O) groups excluding carboxylic acids is 1. The lowest BCUT2D eigenvalue weighted by molar-refractivity contribution is -0.122. The molecule has 0 saturated carbocycles. The maximum absolute atomic E-state index is 11.9. The van der Waals surface area contributed by atoms with Gasteiger partial charge in [0.05, 0.1) is 18.1 Å². The quantitative estimate of drug-likeness (QED) is 0.787. The van der Waals surface area contributed by atoms with E-state index in [1.54, 1.807) is 0 Å². The number of hydrogen-bond acceptors (Lipinski definition) is 5. The Labute approximate surface area is 137 Å². The minimum Gasteiger partial charge on any atom is -0.492 e. The Morgan fingerprint density at radius 1 is 1.39 bits per heavy atom. The van der Waals surface area contributed by atoms with E-state index in [0.717, 1.165) is 11.3 Å². The lowest BCUT2D eigenvalue weighted by Gasteiger charge is -2.18. The molecule has 1 amide bonds. The van der Waals surface area contributed by atoms with Crippen molar-refractivity contribution in [2.45, 2.75) is 19.4 Å². The fourth-order valence-electron chi connectivity index (χ4n) is 2.54. The van der Waals surface area contributed by atoms with E-state index in [0.29, 0.717) is 19.6 Å². The minimum absolute atomic E-state index is 0.0544. The fourth-order valence-corrected chi connectivity index (χ4v) is 4.21. The molecule has 1 aromatic carbocycles. The van der Waals surface area contributed by atoms with Crippen molar-refractivity contribution in [3.05, 3.63) is 29.8 Å². The smallest absolute Gasteiger partial charge is 0.234 e. The Morgan fingerprint density at radius 2 is 2.13 bits per heavy atom. The van der Waals surface area contributed by atoms with Crippen LogP contribution in [0.15, 0.2) is 24.3 Å². The van der Waals surface area contributed by atoms with Crippen molar-refractivity contribution in [1.82, 2.24) is 10.2 Å². The van der Waals surface area contributed by atoms with Gasteiger partial charge in [0.2, 0.25) is 5.91 Å². The molecule has 1 aromatic rings. The third-order valence-corrected chi connectivity index (χ3v) is 5.60. The summed E-state index contributed by atoms with van der Waals surface area (Å²) in [6.45, 7) is 3.33. The molecule has 1 atom stereocenters. The van der Waals surface area contributed by atoms with Gasteiger partial charge in [0, 0.05) is 12.6 Å². The number of benzene rings is 1. The molecule has 0 aliphatic carbocycles. The summed E-state index contributed by atoms with van der Waals surface area (Å²) in [5.41, 5.74) is 1.08. The summed E-state index contributed by atoms with van der Waals surface area (Å²) < 4.78 is 28.4. The van der Waals surface area contributed by atoms with Gasteiger partial charge in [0.25, 0.3) is 0 Å². The number of para-hydroxylation sites is 1. The monoisotopic (exact) mass is 340 g/mol. The molecule has 1 aliphatic rings. The van der Waals surface area contributed by atoms with Gasteiger partial charge in [-0.25, -0.2) is 8.42 Å². The molecule has 1 N–H and O–H groups in total. The molecule has 0 radical (unpaired) electrons. The van der Waals surface area contributed by atoms with E-state index in [1.807, 2.05) is 43.1 Å². The first kappa shape index (κ1) is 17.7. The number of likely N-dealkylation sites (N-methyl/N-ethyl adjacent to an activating group) is 1. The summed E-state index contributed by atoms with van der Waals surface area (Å²) in [6.07, 6.45) is 0.508. The average Bonchev–Trinajstić information content (AvgIpc) is 2.79. The highest BCUT2D eigenvalue weighted by Crippen LogP contribution is 2.15. The van der Waals surface area contributed by atoms with Gasteiger partial charge in [0.1, 0.15) is 12.4 Å². The molecule has 1 saturated heterocycles. The van der Waals surface area contributed by atoms with Crippen LogP contribution in [0.3, 0.4) is 0 Å². The lowest BCUT2D eigenvalue weighted by atomic mass is 10.2. The summed E-state index contributed by atoms with van der Waals surface area (Å²) in [4.78, 5) is 13.8. The average molecular weight is 340 g/mol. The molecule has 6 nitrogen and oxygen atoms in total. The van der Waals surface area contributed by atoms with Gasteiger partial charge in [-0.1, -0.05) is 18.2 Å². The van der Waals surface area contributed by atoms with Crippen LogP contribution in [-0.2, 0) is 14.6 Å². The molecule has 0 spiro atoms. The number of amides is 1. The second-order valence-corrected chi connectivity index (χ2v) is 8.25. The topological polar surface area (TPSA) is 75.7 Å². The van der Waals surface area contributed by atoms with Crippen LogP contribution in [0.2, 0.25) is 0 Å². The molecular formula is C16H24N2O4S. The summed E-state index contributed by atoms with van der Waals surface area (Å²) in [5.74, 6) is 0.920. The lowest BCUT2D eigenvalue weighted by Crippen LogP contribution is -2.42. The third-order valence-electron chi connectivity index (χ3n) is 3.84. The summed E-state index contributed by atoms with van der Waals surface area (Å²) in [5, 5.41) is 2.78. The second-order valence-electron chi connectivity index (χ2n) is 6.02. The number of rotatable bonds is 7. The summed E-state index contributed by atoms with van der Waals surface area (Å²) in [7, 11) is -1.13. The first-order valence-corrected chi connectivity index (χ1v) is 9.54. The van der Waals surface area contributed by atoms with Gasteiger partial charge in [-0.2, -0.15) is 0 Å². The molecule has 1 aliphatic heterocycles. The Balaban J connectivity index is 1.67. The van der Waals surface area contributed by atoms with Crippen LogP contribution in [0.25, 0.3) is 0 Å². The van der Waals surface area contributed by atoms with Crippen LogP contribution in [0, 0.1) is 6.92 Å². The molecule has 0 bridgehead atoms. The molecular weight excluding hydrogens is 316 g/mol. The first-order chi connectivity index (χ1) is 10.9. The predicted molar refractivity (Wildman–Crippen MR) is 89.4 cm³/mol. The van der Waals surface area contributed by atoms with E-state index in [-0.39, 0.29) is 30.0 Å². The second kappa shape index (κ2) is 7.79. The zero-order valence-corrected chi connectivity index (χ0v) is 14.4. The van der Waals surface area contributed by atoms with Crippen molar-refractivity contribution in [2.24, 2.45) is 0 Å². The maximum atomic E-state index is 11.9. The molecule has 1 unspecified atom stereocenters. The van der Waals surface area contributed by atoms with Gasteiger partial charge < -0.3 is 10.1 Å². The number of aryl methyl sites for hydroxylation is 1. The van der Waals surface area contributed by atoms with E-state index in [4.69, 9.17) is 4.74 Å². The predicted octanol–water partition coefficient (Wildman–Crippen LogP) is 0.609. The van der Waals surface area contributed by atoms with Crippen molar-refractivity contribution in [1.29, 1.82) is 0 Å². The highest BCUT2D eigenvalue weighted by atomic mass is 32.2. The summed E-state index contributed by atoms with van der Waals surface area (Å²) in [6, 6.07) is 7.55. The number of nitrogens with one attached hydrogen (secondary N) is 1. The van der Waals surface area contributed by atoms with Gasteiger partial charge in [-0.15, -0.1) is 0 Å². The Morgan fingerprint density at radius 3 is 2.78 bits per heavy atom. The van der Waals surface area contributed by atoms with Crippen LogP contribution >= 0.6 is 0 Å². The Hall–Kier alpha value is -1.60. The Kier molecular flexibility index (Phi) is 6.01. The largest absolute Gasteiger partial charge is 0.492 e. The van der Waals surface area contributed by atoms with Crippen molar-refractivity contribution in [3.8, 4) is 5.75 Å². The minimum atomic E-state index is -2.97. The fraction of sp³-hybridized carbons (Fsp3) is 0.562. The molecule has 0 aromatic heterocycles. The van der Waals surface area contributed by atoms with Crippen molar-refractivity contribution >= 4 is 15.7 Å². The van der Waals surface area contributed by atoms with E-state index < -0.39 is 9.84 Å². The molecule has 7 heteroatoms. The highest BCUT2D eigenvalue weighted by Gasteiger charge is 2.28. The van der Waals surface area contributed by atoms with Gasteiger partial charge in [-0.3, -0.25) is 9.69 Å². The van der Waals surface area contributed by atoms with E-state index >= 15 is 0 Å². The summed E-state index contributed by atoms with van der Waals surface area (Å²) >= 11 is 0. The zero-order chi connectivity index (χ0) is 16.9. The highest BCUT2D eigenvalue weighted by molar-refractivity contribution is 7.91. The van der Waals surface area contributed by atoms with Crippen LogP contribution in [0.4, 0.5) is 0 Å². The van der Waals surface area contributed by atoms with Crippen molar-refractivity contribution < 1.29 is 17.9 Å². The van der Waals surface area contributed by atoms with E-state index in [2.05, 4.69) is 5.32 Å². The van der Waals surface area contributed by atoms with Crippen LogP contribution in [-0.4, -0.2) is 63.5 Å². The molecule has 128 valence electrons. The number of nitrogens with zero attached hydrogens (tertiary/aromatic N) is 1. The van der Waals surface area contributed by atoms with Gasteiger partial charge >= 0.3 is 0 Å². The van der Waals surface area contributed by atoms with Crippen LogP contribution in [0.1, 0.15) is 12.0 Å². The number of sulfone groups is 1. The first-order valence-electron chi connectivity index (χ1n) is 7.72. The van der Waals surface area contributed by atoms with Gasteiger partial charge in [0.15, 0.2) is 9.84 Å². The maximum Gasteiger partial charge on any atom is 0.234 e. The third kappa shape index (κ3) is 5.84. The number of hydrogen-bond donors (Lipinski definition) is 1.